The maximum atomic E-state index is 12.7. The minimum atomic E-state index is -3.87. The summed E-state index contributed by atoms with van der Waals surface area (Å²) in [6, 6.07) is 17.0. The minimum absolute atomic E-state index is 0.0146. The van der Waals surface area contributed by atoms with Crippen LogP contribution in [0.15, 0.2) is 90.1 Å². The third-order valence-corrected chi connectivity index (χ3v) is 7.21. The standard InChI is InChI=1S/C23H22N8O2S3.ClH.Co/c1-14-13-15(2)26-23(25-14)29-36(32,33)19-11-9-17(10-12-19)27-30-35-22(34)20-16(3)28-31(21(20)24)18-7-5-4-6-8-18;;/h4-13,24,34H,1-3H3,(H,25,26,29);1H;/q;;+2/p-2/b22-20-,24-21?,30-27?;;. The number of hydrogen-bond acceptors (Lipinski definition) is 10. The van der Waals surface area contributed by atoms with Crippen molar-refractivity contribution in [1.29, 1.82) is 5.41 Å². The molecule has 4 rings (SSSR count). The number of aryl methyl sites for hydroxylation is 2. The molecule has 10 nitrogen and oxygen atoms in total. The van der Waals surface area contributed by atoms with Gasteiger partial charge in [-0.3, -0.25) is 5.41 Å². The van der Waals surface area contributed by atoms with Gasteiger partial charge in [-0.2, -0.15) is 5.10 Å². The maximum absolute atomic E-state index is 12.7. The predicted molar refractivity (Wildman–Crippen MR) is 151 cm³/mol. The van der Waals surface area contributed by atoms with Crippen LogP contribution in [0.5, 0.6) is 0 Å². The molecule has 3 aromatic rings. The first kappa shape index (κ1) is 29.7. The van der Waals surface area contributed by atoms with Crippen LogP contribution < -0.4 is 9.73 Å². The first-order valence-electron chi connectivity index (χ1n) is 10.7. The molecule has 0 fully saturated rings. The van der Waals surface area contributed by atoms with Crippen LogP contribution >= 0.6 is 22.1 Å². The SMILES string of the molecule is CC1=NN(c2ccccc2)C(=N)/C1=C(/[S-])SN=Nc1ccc(S(=O)(=O)Nc2nc(C)cc(C)n2)cc1.[Cl][Co+]. The third-order valence-electron chi connectivity index (χ3n) is 4.90. The van der Waals surface area contributed by atoms with E-state index in [0.717, 1.165) is 17.6 Å². The second-order valence-electron chi connectivity index (χ2n) is 7.69. The van der Waals surface area contributed by atoms with Crippen LogP contribution in [0.4, 0.5) is 17.3 Å². The van der Waals surface area contributed by atoms with Gasteiger partial charge in [0.2, 0.25) is 5.95 Å². The Balaban J connectivity index is 0.00000195. The number of halogens is 1. The van der Waals surface area contributed by atoms with E-state index in [2.05, 4.69) is 54.4 Å². The van der Waals surface area contributed by atoms with Gasteiger partial charge < -0.3 is 12.6 Å². The third kappa shape index (κ3) is 7.36. The van der Waals surface area contributed by atoms with E-state index in [9.17, 15) is 8.42 Å². The number of sulfonamides is 1. The first-order chi connectivity index (χ1) is 18.1. The van der Waals surface area contributed by atoms with E-state index >= 15 is 0 Å². The predicted octanol–water partition coefficient (Wildman–Crippen LogP) is 5.95. The van der Waals surface area contributed by atoms with E-state index in [1.807, 2.05) is 30.3 Å². The number of hydrazone groups is 1. The van der Waals surface area contributed by atoms with Crippen molar-refractivity contribution in [3.63, 3.8) is 0 Å². The molecule has 2 heterocycles. The van der Waals surface area contributed by atoms with E-state index in [0.29, 0.717) is 32.6 Å². The number of anilines is 2. The van der Waals surface area contributed by atoms with Crippen LogP contribution in [0, 0.1) is 19.3 Å². The summed E-state index contributed by atoms with van der Waals surface area (Å²) in [4.78, 5) is 8.25. The molecule has 1 aliphatic rings. The van der Waals surface area contributed by atoms with E-state index in [1.165, 1.54) is 29.3 Å². The van der Waals surface area contributed by atoms with Gasteiger partial charge in [0.1, 0.15) is 0 Å². The second kappa shape index (κ2) is 13.3. The molecule has 0 bridgehead atoms. The van der Waals surface area contributed by atoms with Gasteiger partial charge in [-0.25, -0.2) is 28.1 Å². The molecule has 0 amide bonds. The molecule has 15 heteroatoms. The summed E-state index contributed by atoms with van der Waals surface area (Å²) in [5, 5.41) is 18.5. The number of para-hydroxylation sites is 1. The molecule has 38 heavy (non-hydrogen) atoms. The zero-order valence-corrected chi connectivity index (χ0v) is 24.5. The Hall–Kier alpha value is -2.88. The summed E-state index contributed by atoms with van der Waals surface area (Å²) in [6.45, 7) is 5.31. The molecule has 1 aliphatic heterocycles. The molecule has 0 unspecified atom stereocenters. The Morgan fingerprint density at radius 1 is 1.05 bits per heavy atom. The Morgan fingerprint density at radius 3 is 2.26 bits per heavy atom. The van der Waals surface area contributed by atoms with Crippen LogP contribution in [0.3, 0.4) is 0 Å². The monoisotopic (exact) mass is 631 g/mol. The summed E-state index contributed by atoms with van der Waals surface area (Å²) >= 11 is 9.44. The van der Waals surface area contributed by atoms with Crippen LogP contribution in [0.2, 0.25) is 0 Å². The van der Waals surface area contributed by atoms with Crippen LogP contribution in [0.25, 0.3) is 0 Å². The van der Waals surface area contributed by atoms with Crippen LogP contribution in [0.1, 0.15) is 18.3 Å². The van der Waals surface area contributed by atoms with Gasteiger partial charge in [-0.1, -0.05) is 18.2 Å². The van der Waals surface area contributed by atoms with Crippen molar-refractivity contribution < 1.29 is 23.3 Å². The van der Waals surface area contributed by atoms with Gasteiger partial charge in [-0.05, 0) is 63.2 Å². The average molecular weight is 632 g/mol. The fraction of sp³-hybridized carbons (Fsp3) is 0.130. The van der Waals surface area contributed by atoms with E-state index in [-0.39, 0.29) is 16.7 Å². The van der Waals surface area contributed by atoms with Crippen molar-refractivity contribution in [1.82, 2.24) is 9.97 Å². The molecule has 0 radical (unpaired) electrons. The van der Waals surface area contributed by atoms with Gasteiger partial charge >= 0.3 is 25.0 Å². The number of nitrogens with one attached hydrogen (secondary N) is 2. The quantitative estimate of drug-likeness (QED) is 0.187. The van der Waals surface area contributed by atoms with Gasteiger partial charge in [0, 0.05) is 28.9 Å². The summed E-state index contributed by atoms with van der Waals surface area (Å²) < 4.78 is 32.1. The number of nitrogens with zero attached hydrogens (tertiary/aromatic N) is 6. The van der Waals surface area contributed by atoms with Gasteiger partial charge in [0.15, 0.2) is 5.84 Å². The second-order valence-corrected chi connectivity index (χ2v) is 10.8. The molecule has 0 spiro atoms. The Morgan fingerprint density at radius 2 is 1.66 bits per heavy atom. The zero-order valence-electron chi connectivity index (χ0n) is 20.2. The molecule has 0 aliphatic carbocycles. The average Bonchev–Trinajstić information content (AvgIpc) is 3.19. The molecular formula is C23H21ClCoN8O2S3. The molecule has 2 aromatic carbocycles. The van der Waals surface area contributed by atoms with Gasteiger partial charge in [0.25, 0.3) is 10.0 Å². The molecule has 199 valence electrons. The Kier molecular flexibility index (Phi) is 10.4. The summed E-state index contributed by atoms with van der Waals surface area (Å²) in [6.07, 6.45) is 0. The number of benzene rings is 2. The van der Waals surface area contributed by atoms with Crippen molar-refractivity contribution in [3.05, 3.63) is 81.9 Å². The van der Waals surface area contributed by atoms with E-state index in [4.69, 9.17) is 18.0 Å². The fourth-order valence-electron chi connectivity index (χ4n) is 3.32. The number of hydrogen-bond donors (Lipinski definition) is 2. The molecule has 0 atom stereocenters. The van der Waals surface area contributed by atoms with Crippen molar-refractivity contribution in [2.75, 3.05) is 9.73 Å². The first-order valence-corrected chi connectivity index (χ1v) is 14.8. The summed E-state index contributed by atoms with van der Waals surface area (Å²) in [5.41, 5.74) is 3.65. The van der Waals surface area contributed by atoms with Crippen molar-refractivity contribution >= 4 is 73.6 Å². The molecule has 0 saturated heterocycles. The van der Waals surface area contributed by atoms with Crippen molar-refractivity contribution in [3.8, 4) is 0 Å². The summed E-state index contributed by atoms with van der Waals surface area (Å²) in [7, 11) is 0.459. The van der Waals surface area contributed by atoms with Crippen LogP contribution in [-0.4, -0.2) is 29.9 Å². The van der Waals surface area contributed by atoms with E-state index < -0.39 is 10.0 Å². The Bertz CT molecular complexity index is 1500. The van der Waals surface area contributed by atoms with Crippen LogP contribution in [-0.2, 0) is 37.5 Å². The van der Waals surface area contributed by atoms with E-state index in [1.54, 1.807) is 26.8 Å². The molecule has 1 aromatic heterocycles. The molecular weight excluding hydrogens is 611 g/mol. The molecule has 0 saturated carbocycles. The topological polar surface area (TPSA) is 136 Å². The van der Waals surface area contributed by atoms with Crippen molar-refractivity contribution in [2.24, 2.45) is 14.7 Å². The number of rotatable bonds is 7. The zero-order chi connectivity index (χ0) is 27.9. The number of amidine groups is 1. The summed E-state index contributed by atoms with van der Waals surface area (Å²) in [5.74, 6) is 0.182. The van der Waals surface area contributed by atoms with Gasteiger partial charge in [-0.15, -0.1) is 13.9 Å². The normalized spacial score (nSPS) is 14.7. The van der Waals surface area contributed by atoms with Gasteiger partial charge in [0.05, 0.1) is 22.0 Å². The Labute approximate surface area is 243 Å². The molecule has 2 N–H and O–H groups in total. The van der Waals surface area contributed by atoms with Crippen molar-refractivity contribution in [2.45, 2.75) is 25.7 Å². The fourth-order valence-corrected chi connectivity index (χ4v) is 5.15. The number of aromatic nitrogens is 2.